The Morgan fingerprint density at radius 2 is 2.24 bits per heavy atom. The van der Waals surface area contributed by atoms with Crippen molar-refractivity contribution < 1.29 is 4.52 Å². The van der Waals surface area contributed by atoms with Gasteiger partial charge in [-0.15, -0.1) is 0 Å². The first-order chi connectivity index (χ1) is 8.24. The molecule has 2 heterocycles. The van der Waals surface area contributed by atoms with Crippen molar-refractivity contribution >= 4 is 0 Å². The Balaban J connectivity index is 1.67. The zero-order valence-electron chi connectivity index (χ0n) is 10.9. The van der Waals surface area contributed by atoms with Gasteiger partial charge in [-0.2, -0.15) is 0 Å². The van der Waals surface area contributed by atoms with Crippen molar-refractivity contribution in [2.75, 3.05) is 19.6 Å². The van der Waals surface area contributed by atoms with E-state index in [2.05, 4.69) is 29.2 Å². The molecule has 0 aromatic carbocycles. The van der Waals surface area contributed by atoms with Crippen molar-refractivity contribution in [3.63, 3.8) is 0 Å². The topological polar surface area (TPSA) is 41.3 Å². The number of rotatable bonds is 5. The second-order valence-corrected chi connectivity index (χ2v) is 5.26. The van der Waals surface area contributed by atoms with Crippen LogP contribution in [0.2, 0.25) is 0 Å². The lowest BCUT2D eigenvalue weighted by atomic mass is 9.96. The van der Waals surface area contributed by atoms with Crippen LogP contribution in [0.5, 0.6) is 0 Å². The molecule has 17 heavy (non-hydrogen) atoms. The molecule has 1 aromatic rings. The molecule has 4 heteroatoms. The van der Waals surface area contributed by atoms with Gasteiger partial charge in [0.1, 0.15) is 0 Å². The number of nitrogens with zero attached hydrogens (tertiary/aromatic N) is 2. The van der Waals surface area contributed by atoms with Crippen LogP contribution in [0.1, 0.15) is 32.4 Å². The standard InChI is InChI=1S/C13H23N3O/c1-11(2)14-9-12-4-7-16(8-5-12)10-13-3-6-15-17-13/h3,6,11-12,14H,4-5,7-10H2,1-2H3. The summed E-state index contributed by atoms with van der Waals surface area (Å²) in [6, 6.07) is 2.55. The SMILES string of the molecule is CC(C)NCC1CCN(Cc2ccno2)CC1. The lowest BCUT2D eigenvalue weighted by Gasteiger charge is -2.31. The average Bonchev–Trinajstić information content (AvgIpc) is 2.81. The van der Waals surface area contributed by atoms with Crippen molar-refractivity contribution in [1.82, 2.24) is 15.4 Å². The molecular weight excluding hydrogens is 214 g/mol. The third kappa shape index (κ3) is 4.13. The minimum atomic E-state index is 0.599. The predicted molar refractivity (Wildman–Crippen MR) is 67.6 cm³/mol. The molecule has 0 atom stereocenters. The first-order valence-corrected chi connectivity index (χ1v) is 6.59. The quantitative estimate of drug-likeness (QED) is 0.849. The fourth-order valence-corrected chi connectivity index (χ4v) is 2.30. The van der Waals surface area contributed by atoms with E-state index in [0.717, 1.165) is 24.8 Å². The number of nitrogens with one attached hydrogen (secondary N) is 1. The summed E-state index contributed by atoms with van der Waals surface area (Å²) in [7, 11) is 0. The van der Waals surface area contributed by atoms with Crippen molar-refractivity contribution in [2.45, 2.75) is 39.3 Å². The molecule has 1 aromatic heterocycles. The molecule has 0 unspecified atom stereocenters. The smallest absolute Gasteiger partial charge is 0.150 e. The molecule has 0 amide bonds. The Labute approximate surface area is 103 Å². The molecule has 1 N–H and O–H groups in total. The summed E-state index contributed by atoms with van der Waals surface area (Å²) in [6.07, 6.45) is 4.29. The van der Waals surface area contributed by atoms with Gasteiger partial charge in [0.05, 0.1) is 12.7 Å². The van der Waals surface area contributed by atoms with E-state index >= 15 is 0 Å². The summed E-state index contributed by atoms with van der Waals surface area (Å²) >= 11 is 0. The van der Waals surface area contributed by atoms with Gasteiger partial charge in [0.15, 0.2) is 5.76 Å². The summed E-state index contributed by atoms with van der Waals surface area (Å²) < 4.78 is 5.14. The highest BCUT2D eigenvalue weighted by atomic mass is 16.5. The number of hydrogen-bond acceptors (Lipinski definition) is 4. The van der Waals surface area contributed by atoms with Gasteiger partial charge in [0.2, 0.25) is 0 Å². The summed E-state index contributed by atoms with van der Waals surface area (Å²) in [5, 5.41) is 7.27. The molecule has 1 saturated heterocycles. The normalized spacial score (nSPS) is 19.0. The number of piperidine rings is 1. The van der Waals surface area contributed by atoms with Crippen LogP contribution >= 0.6 is 0 Å². The average molecular weight is 237 g/mol. The molecule has 96 valence electrons. The number of hydrogen-bond donors (Lipinski definition) is 1. The summed E-state index contributed by atoms with van der Waals surface area (Å²) in [5.41, 5.74) is 0. The van der Waals surface area contributed by atoms with Gasteiger partial charge >= 0.3 is 0 Å². The van der Waals surface area contributed by atoms with Crippen LogP contribution in [0, 0.1) is 5.92 Å². The van der Waals surface area contributed by atoms with E-state index in [0.29, 0.717) is 6.04 Å². The molecule has 0 radical (unpaired) electrons. The molecule has 1 aliphatic heterocycles. The maximum Gasteiger partial charge on any atom is 0.150 e. The molecule has 0 saturated carbocycles. The molecule has 0 bridgehead atoms. The van der Waals surface area contributed by atoms with Crippen molar-refractivity contribution in [1.29, 1.82) is 0 Å². The molecular formula is C13H23N3O. The summed E-state index contributed by atoms with van der Waals surface area (Å²) in [6.45, 7) is 8.83. The van der Waals surface area contributed by atoms with E-state index in [9.17, 15) is 0 Å². The van der Waals surface area contributed by atoms with Crippen molar-refractivity contribution in [2.24, 2.45) is 5.92 Å². The number of likely N-dealkylation sites (tertiary alicyclic amines) is 1. The molecule has 1 aliphatic rings. The van der Waals surface area contributed by atoms with E-state index < -0.39 is 0 Å². The highest BCUT2D eigenvalue weighted by Crippen LogP contribution is 2.18. The van der Waals surface area contributed by atoms with Gasteiger partial charge in [-0.3, -0.25) is 4.90 Å². The molecule has 0 aliphatic carbocycles. The van der Waals surface area contributed by atoms with Gasteiger partial charge in [-0.1, -0.05) is 19.0 Å². The maximum absolute atomic E-state index is 5.14. The third-order valence-corrected chi connectivity index (χ3v) is 3.39. The molecule has 2 rings (SSSR count). The lowest BCUT2D eigenvalue weighted by Crippen LogP contribution is -2.38. The Bertz CT molecular complexity index is 302. The summed E-state index contributed by atoms with van der Waals surface area (Å²) in [4.78, 5) is 2.45. The van der Waals surface area contributed by atoms with Crippen molar-refractivity contribution in [3.05, 3.63) is 18.0 Å². The van der Waals surface area contributed by atoms with Crippen LogP contribution in [-0.4, -0.2) is 35.7 Å². The Hall–Kier alpha value is -0.870. The van der Waals surface area contributed by atoms with Crippen LogP contribution in [0.3, 0.4) is 0 Å². The second-order valence-electron chi connectivity index (χ2n) is 5.26. The highest BCUT2D eigenvalue weighted by Gasteiger charge is 2.19. The number of aromatic nitrogens is 1. The van der Waals surface area contributed by atoms with Crippen LogP contribution in [0.15, 0.2) is 16.8 Å². The lowest BCUT2D eigenvalue weighted by molar-refractivity contribution is 0.159. The van der Waals surface area contributed by atoms with Crippen LogP contribution in [0.25, 0.3) is 0 Å². The highest BCUT2D eigenvalue weighted by molar-refractivity contribution is 4.93. The van der Waals surface area contributed by atoms with Crippen LogP contribution in [0.4, 0.5) is 0 Å². The van der Waals surface area contributed by atoms with Crippen LogP contribution < -0.4 is 5.32 Å². The zero-order chi connectivity index (χ0) is 12.1. The fourth-order valence-electron chi connectivity index (χ4n) is 2.30. The summed E-state index contributed by atoms with van der Waals surface area (Å²) in [5.74, 6) is 1.81. The van der Waals surface area contributed by atoms with E-state index in [1.807, 2.05) is 6.07 Å². The van der Waals surface area contributed by atoms with Crippen molar-refractivity contribution in [3.8, 4) is 0 Å². The second kappa shape index (κ2) is 6.17. The molecule has 1 fully saturated rings. The molecule has 4 nitrogen and oxygen atoms in total. The van der Waals surface area contributed by atoms with Gasteiger partial charge in [-0.05, 0) is 38.4 Å². The van der Waals surface area contributed by atoms with Gasteiger partial charge < -0.3 is 9.84 Å². The maximum atomic E-state index is 5.14. The molecule has 0 spiro atoms. The van der Waals surface area contributed by atoms with Gasteiger partial charge in [0.25, 0.3) is 0 Å². The van der Waals surface area contributed by atoms with E-state index in [-0.39, 0.29) is 0 Å². The van der Waals surface area contributed by atoms with Gasteiger partial charge in [0, 0.05) is 12.1 Å². The predicted octanol–water partition coefficient (Wildman–Crippen LogP) is 1.88. The third-order valence-electron chi connectivity index (χ3n) is 3.39. The van der Waals surface area contributed by atoms with Gasteiger partial charge in [-0.25, -0.2) is 0 Å². The van der Waals surface area contributed by atoms with Crippen LogP contribution in [-0.2, 0) is 6.54 Å². The first-order valence-electron chi connectivity index (χ1n) is 6.59. The fraction of sp³-hybridized carbons (Fsp3) is 0.769. The minimum absolute atomic E-state index is 0.599. The van der Waals surface area contributed by atoms with E-state index in [1.54, 1.807) is 6.20 Å². The monoisotopic (exact) mass is 237 g/mol. The first kappa shape index (κ1) is 12.6. The minimum Gasteiger partial charge on any atom is -0.360 e. The zero-order valence-corrected chi connectivity index (χ0v) is 10.9. The Morgan fingerprint density at radius 1 is 1.47 bits per heavy atom. The largest absolute Gasteiger partial charge is 0.360 e. The van der Waals surface area contributed by atoms with E-state index in [1.165, 1.54) is 25.9 Å². The van der Waals surface area contributed by atoms with E-state index in [4.69, 9.17) is 4.52 Å². The Kier molecular flexibility index (Phi) is 4.57. The Morgan fingerprint density at radius 3 is 2.82 bits per heavy atom.